The molecule has 3 nitrogen and oxygen atoms in total. The fraction of sp³-hybridized carbons (Fsp3) is 0.611. The Morgan fingerprint density at radius 2 is 1.77 bits per heavy atom. The van der Waals surface area contributed by atoms with Crippen LogP contribution in [0.5, 0.6) is 0 Å². The van der Waals surface area contributed by atoms with Crippen molar-refractivity contribution >= 4 is 18.3 Å². The average Bonchev–Trinajstić information content (AvgIpc) is 2.44. The minimum absolute atomic E-state index is 0. The lowest BCUT2D eigenvalue weighted by molar-refractivity contribution is -0.125. The Morgan fingerprint density at radius 1 is 1.18 bits per heavy atom. The molecule has 0 bridgehead atoms. The lowest BCUT2D eigenvalue weighted by Gasteiger charge is -2.28. The fourth-order valence-electron chi connectivity index (χ4n) is 2.80. The summed E-state index contributed by atoms with van der Waals surface area (Å²) in [5.74, 6) is -0.0762. The number of carbonyl (C=O) groups is 1. The van der Waals surface area contributed by atoms with E-state index in [0.717, 1.165) is 6.42 Å². The zero-order valence-electron chi connectivity index (χ0n) is 14.1. The molecule has 1 aromatic carbocycles. The Hall–Kier alpha value is -1.06. The van der Waals surface area contributed by atoms with Gasteiger partial charge < -0.3 is 11.1 Å². The molecule has 1 aliphatic carbocycles. The van der Waals surface area contributed by atoms with E-state index < -0.39 is 6.04 Å². The molecule has 0 spiro atoms. The summed E-state index contributed by atoms with van der Waals surface area (Å²) in [4.78, 5) is 12.2. The summed E-state index contributed by atoms with van der Waals surface area (Å²) in [6.45, 7) is 7.99. The second-order valence-corrected chi connectivity index (χ2v) is 7.31. The highest BCUT2D eigenvalue weighted by Gasteiger charge is 2.28. The number of rotatable bonds is 3. The number of amides is 1. The zero-order chi connectivity index (χ0) is 15.6. The van der Waals surface area contributed by atoms with Crippen molar-refractivity contribution in [2.24, 2.45) is 11.1 Å². The molecule has 0 fully saturated rings. The highest BCUT2D eigenvalue weighted by Crippen LogP contribution is 2.25. The van der Waals surface area contributed by atoms with Crippen molar-refractivity contribution in [2.75, 3.05) is 0 Å². The van der Waals surface area contributed by atoms with Gasteiger partial charge in [-0.2, -0.15) is 0 Å². The van der Waals surface area contributed by atoms with Crippen LogP contribution < -0.4 is 11.1 Å². The quantitative estimate of drug-likeness (QED) is 0.893. The van der Waals surface area contributed by atoms with Crippen molar-refractivity contribution < 1.29 is 4.79 Å². The lowest BCUT2D eigenvalue weighted by Crippen LogP contribution is -2.49. The van der Waals surface area contributed by atoms with Gasteiger partial charge in [0.25, 0.3) is 0 Å². The van der Waals surface area contributed by atoms with E-state index >= 15 is 0 Å². The smallest absolute Gasteiger partial charge is 0.237 e. The van der Waals surface area contributed by atoms with Gasteiger partial charge in [0.2, 0.25) is 5.91 Å². The van der Waals surface area contributed by atoms with Crippen LogP contribution in [0.2, 0.25) is 0 Å². The molecule has 0 radical (unpaired) electrons. The van der Waals surface area contributed by atoms with Gasteiger partial charge in [0.15, 0.2) is 0 Å². The molecule has 2 rings (SSSR count). The molecule has 0 aliphatic heterocycles. The molecular weight excluding hydrogens is 296 g/mol. The van der Waals surface area contributed by atoms with Gasteiger partial charge in [-0.1, -0.05) is 39.0 Å². The van der Waals surface area contributed by atoms with Gasteiger partial charge in [-0.3, -0.25) is 4.79 Å². The molecule has 1 unspecified atom stereocenters. The van der Waals surface area contributed by atoms with Gasteiger partial charge >= 0.3 is 0 Å². The maximum Gasteiger partial charge on any atom is 0.237 e. The normalized spacial score (nSPS) is 17.0. The van der Waals surface area contributed by atoms with E-state index in [4.69, 9.17) is 5.73 Å². The van der Waals surface area contributed by atoms with Gasteiger partial charge in [-0.05, 0) is 54.7 Å². The number of aryl methyl sites for hydroxylation is 2. The van der Waals surface area contributed by atoms with E-state index in [2.05, 4.69) is 23.5 Å². The van der Waals surface area contributed by atoms with E-state index in [0.29, 0.717) is 0 Å². The largest absolute Gasteiger partial charge is 0.348 e. The van der Waals surface area contributed by atoms with Crippen LogP contribution in [0.4, 0.5) is 0 Å². The lowest BCUT2D eigenvalue weighted by atomic mass is 9.86. The Bertz CT molecular complexity index is 522. The Balaban J connectivity index is 0.00000242. The highest BCUT2D eigenvalue weighted by molar-refractivity contribution is 5.85. The summed E-state index contributed by atoms with van der Waals surface area (Å²) in [5.41, 5.74) is 9.88. The second-order valence-electron chi connectivity index (χ2n) is 7.31. The van der Waals surface area contributed by atoms with E-state index in [1.165, 1.54) is 36.0 Å². The maximum absolute atomic E-state index is 12.2. The number of carbonyl (C=O) groups excluding carboxylic acids is 1. The maximum atomic E-state index is 12.2. The van der Waals surface area contributed by atoms with Crippen molar-refractivity contribution in [1.82, 2.24) is 5.32 Å². The van der Waals surface area contributed by atoms with Crippen molar-refractivity contribution in [1.29, 1.82) is 0 Å². The van der Waals surface area contributed by atoms with E-state index in [-0.39, 0.29) is 29.8 Å². The highest BCUT2D eigenvalue weighted by atomic mass is 35.5. The predicted octanol–water partition coefficient (Wildman–Crippen LogP) is 3.54. The number of halogens is 1. The van der Waals surface area contributed by atoms with Crippen molar-refractivity contribution in [3.63, 3.8) is 0 Å². The molecule has 1 aliphatic rings. The standard InChI is InChI=1S/C18H28N2O.ClH/c1-12(20-17(21)16(19)18(2,3)4)14-10-9-13-7-5-6-8-15(13)11-14;/h9-12,16H,5-8,19H2,1-4H3,(H,20,21);1H/t12?,16-;/m1./s1. The van der Waals surface area contributed by atoms with Crippen LogP contribution in [0.3, 0.4) is 0 Å². The fourth-order valence-corrected chi connectivity index (χ4v) is 2.80. The number of nitrogens with one attached hydrogen (secondary N) is 1. The molecule has 0 heterocycles. The Labute approximate surface area is 140 Å². The molecule has 1 aromatic rings. The third kappa shape index (κ3) is 4.47. The summed E-state index contributed by atoms with van der Waals surface area (Å²) < 4.78 is 0. The molecule has 0 saturated heterocycles. The predicted molar refractivity (Wildman–Crippen MR) is 94.3 cm³/mol. The summed E-state index contributed by atoms with van der Waals surface area (Å²) in [7, 11) is 0. The second kappa shape index (κ2) is 7.47. The molecule has 3 N–H and O–H groups in total. The van der Waals surface area contributed by atoms with Crippen LogP contribution in [0.15, 0.2) is 18.2 Å². The topological polar surface area (TPSA) is 55.1 Å². The van der Waals surface area contributed by atoms with Crippen molar-refractivity contribution in [2.45, 2.75) is 65.5 Å². The zero-order valence-corrected chi connectivity index (χ0v) is 14.9. The van der Waals surface area contributed by atoms with Crippen LogP contribution in [0.25, 0.3) is 0 Å². The first kappa shape index (κ1) is 19.0. The number of fused-ring (bicyclic) bond motifs is 1. The van der Waals surface area contributed by atoms with Gasteiger partial charge in [-0.25, -0.2) is 0 Å². The van der Waals surface area contributed by atoms with Gasteiger partial charge in [0.1, 0.15) is 0 Å². The molecule has 0 aromatic heterocycles. The summed E-state index contributed by atoms with van der Waals surface area (Å²) in [5, 5.41) is 3.05. The minimum Gasteiger partial charge on any atom is -0.348 e. The average molecular weight is 325 g/mol. The molecular formula is C18H29ClN2O. The van der Waals surface area contributed by atoms with Crippen LogP contribution in [-0.4, -0.2) is 11.9 Å². The van der Waals surface area contributed by atoms with E-state index in [1.54, 1.807) is 0 Å². The number of hydrogen-bond acceptors (Lipinski definition) is 2. The molecule has 4 heteroatoms. The van der Waals surface area contributed by atoms with Crippen LogP contribution in [0.1, 0.15) is 63.3 Å². The van der Waals surface area contributed by atoms with E-state index in [1.807, 2.05) is 27.7 Å². The van der Waals surface area contributed by atoms with Gasteiger partial charge in [0.05, 0.1) is 12.1 Å². The Morgan fingerprint density at radius 3 is 2.36 bits per heavy atom. The van der Waals surface area contributed by atoms with Crippen molar-refractivity contribution in [3.05, 3.63) is 34.9 Å². The Kier molecular flexibility index (Phi) is 6.45. The third-order valence-electron chi connectivity index (χ3n) is 4.45. The molecule has 2 atom stereocenters. The first-order chi connectivity index (χ1) is 9.79. The SMILES string of the molecule is CC(NC(=O)[C@@H](N)C(C)(C)C)c1ccc2c(c1)CCCC2.Cl. The summed E-state index contributed by atoms with van der Waals surface area (Å²) in [6, 6.07) is 6.12. The monoisotopic (exact) mass is 324 g/mol. The first-order valence-corrected chi connectivity index (χ1v) is 7.96. The van der Waals surface area contributed by atoms with Gasteiger partial charge in [0, 0.05) is 0 Å². The molecule has 1 amide bonds. The summed E-state index contributed by atoms with van der Waals surface area (Å²) in [6.07, 6.45) is 4.90. The minimum atomic E-state index is -0.488. The third-order valence-corrected chi connectivity index (χ3v) is 4.45. The molecule has 22 heavy (non-hydrogen) atoms. The van der Waals surface area contributed by atoms with E-state index in [9.17, 15) is 4.79 Å². The molecule has 124 valence electrons. The van der Waals surface area contributed by atoms with Crippen LogP contribution >= 0.6 is 12.4 Å². The number of nitrogens with two attached hydrogens (primary N) is 1. The van der Waals surface area contributed by atoms with Crippen LogP contribution in [-0.2, 0) is 17.6 Å². The molecule has 0 saturated carbocycles. The summed E-state index contributed by atoms with van der Waals surface area (Å²) >= 11 is 0. The first-order valence-electron chi connectivity index (χ1n) is 7.96. The van der Waals surface area contributed by atoms with Crippen molar-refractivity contribution in [3.8, 4) is 0 Å². The van der Waals surface area contributed by atoms with Crippen LogP contribution in [0, 0.1) is 5.41 Å². The number of hydrogen-bond donors (Lipinski definition) is 2. The van der Waals surface area contributed by atoms with Gasteiger partial charge in [-0.15, -0.1) is 12.4 Å². The number of benzene rings is 1.